The van der Waals surface area contributed by atoms with E-state index in [1.54, 1.807) is 23.6 Å². The molecule has 6 heteroatoms. The maximum atomic E-state index is 11.9. The molecule has 1 atom stereocenters. The Bertz CT molecular complexity index is 528. The summed E-state index contributed by atoms with van der Waals surface area (Å²) >= 11 is 1.13. The van der Waals surface area contributed by atoms with Crippen LogP contribution in [-0.4, -0.2) is 20.6 Å². The Hall–Kier alpha value is -1.95. The van der Waals surface area contributed by atoms with E-state index in [0.717, 1.165) is 11.5 Å². The molecule has 0 saturated carbocycles. The first kappa shape index (κ1) is 12.5. The van der Waals surface area contributed by atoms with Gasteiger partial charge in [0.25, 0.3) is 5.91 Å². The van der Waals surface area contributed by atoms with Gasteiger partial charge in [0.1, 0.15) is 5.75 Å². The van der Waals surface area contributed by atoms with E-state index in [-0.39, 0.29) is 17.7 Å². The Morgan fingerprint density at radius 1 is 1.50 bits per heavy atom. The second kappa shape index (κ2) is 5.59. The minimum absolute atomic E-state index is 0.182. The second-order valence-corrected chi connectivity index (χ2v) is 4.39. The molecule has 0 aliphatic carbocycles. The topological polar surface area (TPSA) is 75.1 Å². The molecule has 2 N–H and O–H groups in total. The lowest BCUT2D eigenvalue weighted by atomic mass is 10.0. The SMILES string of the molecule is CC[C@@H](NC(=O)c1csnn1)c1ccccc1O. The number of nitrogens with one attached hydrogen (secondary N) is 1. The zero-order valence-corrected chi connectivity index (χ0v) is 10.6. The van der Waals surface area contributed by atoms with Crippen molar-refractivity contribution in [2.24, 2.45) is 0 Å². The van der Waals surface area contributed by atoms with Crippen LogP contribution in [0.15, 0.2) is 29.6 Å². The quantitative estimate of drug-likeness (QED) is 0.886. The number of carbonyl (C=O) groups excluding carboxylic acids is 1. The number of rotatable bonds is 4. The van der Waals surface area contributed by atoms with Crippen molar-refractivity contribution in [2.45, 2.75) is 19.4 Å². The predicted octanol–water partition coefficient (Wildman–Crippen LogP) is 2.12. The van der Waals surface area contributed by atoms with Crippen LogP contribution in [-0.2, 0) is 0 Å². The van der Waals surface area contributed by atoms with E-state index in [9.17, 15) is 9.90 Å². The molecule has 2 rings (SSSR count). The van der Waals surface area contributed by atoms with E-state index in [0.29, 0.717) is 17.7 Å². The van der Waals surface area contributed by atoms with Crippen molar-refractivity contribution in [3.63, 3.8) is 0 Å². The van der Waals surface area contributed by atoms with Crippen molar-refractivity contribution < 1.29 is 9.90 Å². The third-order valence-electron chi connectivity index (χ3n) is 2.62. The molecule has 0 spiro atoms. The third kappa shape index (κ3) is 2.65. The maximum absolute atomic E-state index is 11.9. The van der Waals surface area contributed by atoms with Gasteiger partial charge in [-0.3, -0.25) is 4.79 Å². The van der Waals surface area contributed by atoms with Gasteiger partial charge in [0.05, 0.1) is 6.04 Å². The predicted molar refractivity (Wildman–Crippen MR) is 68.5 cm³/mol. The molecule has 0 saturated heterocycles. The monoisotopic (exact) mass is 263 g/mol. The highest BCUT2D eigenvalue weighted by molar-refractivity contribution is 7.03. The first-order valence-corrected chi connectivity index (χ1v) is 6.41. The molecule has 1 aromatic heterocycles. The zero-order valence-electron chi connectivity index (χ0n) is 9.83. The normalized spacial score (nSPS) is 12.1. The van der Waals surface area contributed by atoms with Gasteiger partial charge >= 0.3 is 0 Å². The summed E-state index contributed by atoms with van der Waals surface area (Å²) in [6.45, 7) is 1.94. The summed E-state index contributed by atoms with van der Waals surface area (Å²) in [4.78, 5) is 11.9. The van der Waals surface area contributed by atoms with Crippen molar-refractivity contribution >= 4 is 17.4 Å². The van der Waals surface area contributed by atoms with E-state index in [2.05, 4.69) is 14.9 Å². The van der Waals surface area contributed by atoms with Gasteiger partial charge in [-0.25, -0.2) is 0 Å². The average Bonchev–Trinajstić information content (AvgIpc) is 2.90. The number of aromatic nitrogens is 2. The van der Waals surface area contributed by atoms with Gasteiger partial charge in [0, 0.05) is 10.9 Å². The summed E-state index contributed by atoms with van der Waals surface area (Å²) in [7, 11) is 0. The molecule has 1 heterocycles. The smallest absolute Gasteiger partial charge is 0.273 e. The van der Waals surface area contributed by atoms with Crippen molar-refractivity contribution in [1.29, 1.82) is 0 Å². The number of hydrogen-bond donors (Lipinski definition) is 2. The third-order valence-corrected chi connectivity index (χ3v) is 3.12. The van der Waals surface area contributed by atoms with Crippen molar-refractivity contribution in [1.82, 2.24) is 14.9 Å². The molecule has 0 bridgehead atoms. The van der Waals surface area contributed by atoms with Gasteiger partial charge < -0.3 is 10.4 Å². The molecule has 2 aromatic rings. The Balaban J connectivity index is 2.16. The van der Waals surface area contributed by atoms with Crippen molar-refractivity contribution in [2.75, 3.05) is 0 Å². The van der Waals surface area contributed by atoms with Gasteiger partial charge in [-0.2, -0.15) is 0 Å². The average molecular weight is 263 g/mol. The first-order valence-electron chi connectivity index (χ1n) is 5.58. The minimum Gasteiger partial charge on any atom is -0.508 e. The van der Waals surface area contributed by atoms with Crippen LogP contribution < -0.4 is 5.32 Å². The molecule has 0 aliphatic heterocycles. The highest BCUT2D eigenvalue weighted by Gasteiger charge is 2.17. The highest BCUT2D eigenvalue weighted by Crippen LogP contribution is 2.25. The summed E-state index contributed by atoms with van der Waals surface area (Å²) in [5, 5.41) is 17.9. The standard InChI is InChI=1S/C12H13N3O2S/c1-2-9(8-5-3-4-6-11(8)16)13-12(17)10-7-18-15-14-10/h3-7,9,16H,2H2,1H3,(H,13,17)/t9-/m1/s1. The Kier molecular flexibility index (Phi) is 3.88. The highest BCUT2D eigenvalue weighted by atomic mass is 32.1. The fourth-order valence-corrected chi connectivity index (χ4v) is 2.11. The number of phenols is 1. The number of nitrogens with zero attached hydrogens (tertiary/aromatic N) is 2. The minimum atomic E-state index is -0.279. The number of carbonyl (C=O) groups is 1. The molecular formula is C12H13N3O2S. The number of para-hydroxylation sites is 1. The lowest BCUT2D eigenvalue weighted by Gasteiger charge is -2.17. The maximum Gasteiger partial charge on any atom is 0.273 e. The number of hydrogen-bond acceptors (Lipinski definition) is 5. The van der Waals surface area contributed by atoms with E-state index < -0.39 is 0 Å². The van der Waals surface area contributed by atoms with Crippen LogP contribution in [0.1, 0.15) is 35.4 Å². The van der Waals surface area contributed by atoms with Crippen LogP contribution in [0, 0.1) is 0 Å². The van der Waals surface area contributed by atoms with Crippen LogP contribution >= 0.6 is 11.5 Å². The molecule has 1 aromatic carbocycles. The Labute approximate surface area is 109 Å². The molecule has 18 heavy (non-hydrogen) atoms. The van der Waals surface area contributed by atoms with Crippen LogP contribution in [0.5, 0.6) is 5.75 Å². The molecule has 5 nitrogen and oxygen atoms in total. The van der Waals surface area contributed by atoms with E-state index >= 15 is 0 Å². The first-order chi connectivity index (χ1) is 8.72. The van der Waals surface area contributed by atoms with Gasteiger partial charge in [0.2, 0.25) is 0 Å². The number of benzene rings is 1. The summed E-state index contributed by atoms with van der Waals surface area (Å²) < 4.78 is 3.65. The molecule has 94 valence electrons. The van der Waals surface area contributed by atoms with Gasteiger partial charge in [-0.1, -0.05) is 29.6 Å². The fraction of sp³-hybridized carbons (Fsp3) is 0.250. The lowest BCUT2D eigenvalue weighted by molar-refractivity contribution is 0.0930. The molecule has 0 radical (unpaired) electrons. The molecule has 0 unspecified atom stereocenters. The molecule has 1 amide bonds. The van der Waals surface area contributed by atoms with Gasteiger partial charge in [0.15, 0.2) is 5.69 Å². The van der Waals surface area contributed by atoms with Crippen LogP contribution in [0.2, 0.25) is 0 Å². The molecule has 0 fully saturated rings. The van der Waals surface area contributed by atoms with Gasteiger partial charge in [-0.15, -0.1) is 5.10 Å². The number of phenolic OH excluding ortho intramolecular Hbond substituents is 1. The number of amides is 1. The molecular weight excluding hydrogens is 250 g/mol. The zero-order chi connectivity index (χ0) is 13.0. The van der Waals surface area contributed by atoms with E-state index in [1.165, 1.54) is 0 Å². The van der Waals surface area contributed by atoms with Crippen LogP contribution in [0.25, 0.3) is 0 Å². The largest absolute Gasteiger partial charge is 0.508 e. The van der Waals surface area contributed by atoms with E-state index in [4.69, 9.17) is 0 Å². The molecule has 0 aliphatic rings. The summed E-state index contributed by atoms with van der Waals surface area (Å²) in [6, 6.07) is 6.74. The second-order valence-electron chi connectivity index (χ2n) is 3.78. The summed E-state index contributed by atoms with van der Waals surface area (Å²) in [5.41, 5.74) is 1.01. The number of aromatic hydroxyl groups is 1. The summed E-state index contributed by atoms with van der Waals surface area (Å²) in [5.74, 6) is -0.0973. The summed E-state index contributed by atoms with van der Waals surface area (Å²) in [6.07, 6.45) is 0.681. The van der Waals surface area contributed by atoms with Crippen molar-refractivity contribution in [3.05, 3.63) is 40.9 Å². The Morgan fingerprint density at radius 3 is 2.89 bits per heavy atom. The van der Waals surface area contributed by atoms with Crippen LogP contribution in [0.4, 0.5) is 0 Å². The van der Waals surface area contributed by atoms with E-state index in [1.807, 2.05) is 13.0 Å². The van der Waals surface area contributed by atoms with Gasteiger partial charge in [-0.05, 0) is 24.0 Å². The lowest BCUT2D eigenvalue weighted by Crippen LogP contribution is -2.28. The van der Waals surface area contributed by atoms with Crippen molar-refractivity contribution in [3.8, 4) is 5.75 Å². The fourth-order valence-electron chi connectivity index (χ4n) is 1.68. The van der Waals surface area contributed by atoms with Crippen LogP contribution in [0.3, 0.4) is 0 Å². The Morgan fingerprint density at radius 2 is 2.28 bits per heavy atom.